The Morgan fingerprint density at radius 2 is 1.93 bits per heavy atom. The number of thiazole rings is 1. The molecule has 0 unspecified atom stereocenters. The number of benzene rings is 2. The van der Waals surface area contributed by atoms with Crippen LogP contribution in [0, 0.1) is 6.92 Å². The van der Waals surface area contributed by atoms with Crippen LogP contribution < -0.4 is 15.6 Å². The topological polar surface area (TPSA) is 72.7 Å². The number of hydrogen-bond donors (Lipinski definition) is 1. The monoisotopic (exact) mass is 437 g/mol. The predicted molar refractivity (Wildman–Crippen MR) is 121 cm³/mol. The molecule has 0 radical (unpaired) electrons. The molecule has 152 valence electrons. The Hall–Kier alpha value is -3.10. The first kappa shape index (κ1) is 20.2. The largest absolute Gasteiger partial charge is 0.484 e. The number of amides is 1. The van der Waals surface area contributed by atoms with Crippen LogP contribution in [0.4, 0.5) is 5.69 Å². The van der Waals surface area contributed by atoms with Gasteiger partial charge in [-0.05, 0) is 31.2 Å². The van der Waals surface area contributed by atoms with Crippen LogP contribution >= 0.6 is 23.1 Å². The van der Waals surface area contributed by atoms with E-state index in [4.69, 9.17) is 4.74 Å². The third-order valence-corrected chi connectivity index (χ3v) is 6.33. The van der Waals surface area contributed by atoms with Crippen LogP contribution in [0.2, 0.25) is 0 Å². The average molecular weight is 438 g/mol. The summed E-state index contributed by atoms with van der Waals surface area (Å²) in [5.74, 6) is 0.932. The molecular formula is C22H19N3O3S2. The van der Waals surface area contributed by atoms with Gasteiger partial charge in [-0.15, -0.1) is 23.1 Å². The van der Waals surface area contributed by atoms with Gasteiger partial charge in [0.2, 0.25) is 0 Å². The Bertz CT molecular complexity index is 1240. The number of nitrogens with zero attached hydrogens (tertiary/aromatic N) is 2. The first-order chi connectivity index (χ1) is 14.6. The molecule has 30 heavy (non-hydrogen) atoms. The summed E-state index contributed by atoms with van der Waals surface area (Å²) < 4.78 is 7.11. The zero-order valence-electron chi connectivity index (χ0n) is 16.2. The molecule has 0 aliphatic rings. The molecule has 2 heterocycles. The molecule has 8 heteroatoms. The van der Waals surface area contributed by atoms with Gasteiger partial charge in [-0.1, -0.05) is 30.3 Å². The van der Waals surface area contributed by atoms with Crippen molar-refractivity contribution in [1.29, 1.82) is 0 Å². The van der Waals surface area contributed by atoms with Crippen molar-refractivity contribution in [3.8, 4) is 5.75 Å². The van der Waals surface area contributed by atoms with Crippen LogP contribution in [0.25, 0.3) is 4.96 Å². The normalized spacial score (nSPS) is 10.8. The molecule has 2 aromatic heterocycles. The minimum absolute atomic E-state index is 0.0737. The fourth-order valence-corrected chi connectivity index (χ4v) is 4.67. The molecule has 0 aliphatic carbocycles. The highest BCUT2D eigenvalue weighted by atomic mass is 32.2. The van der Waals surface area contributed by atoms with Gasteiger partial charge in [-0.2, -0.15) is 0 Å². The SMILES string of the molecule is Cc1csc2nc(CSc3ccccc3NC(=O)COc3ccccc3)cc(=O)n12. The van der Waals surface area contributed by atoms with Crippen molar-refractivity contribution in [2.45, 2.75) is 17.6 Å². The number of thioether (sulfide) groups is 1. The maximum absolute atomic E-state index is 12.3. The second-order valence-corrected chi connectivity index (χ2v) is 8.37. The number of carbonyl (C=O) groups excluding carboxylic acids is 1. The van der Waals surface area contributed by atoms with Crippen molar-refractivity contribution in [1.82, 2.24) is 9.38 Å². The summed E-state index contributed by atoms with van der Waals surface area (Å²) in [5.41, 5.74) is 2.22. The van der Waals surface area contributed by atoms with Crippen LogP contribution in [-0.4, -0.2) is 21.9 Å². The van der Waals surface area contributed by atoms with Crippen LogP contribution in [0.15, 0.2) is 75.7 Å². The van der Waals surface area contributed by atoms with Gasteiger partial charge in [0.1, 0.15) is 5.75 Å². The number of rotatable bonds is 7. The summed E-state index contributed by atoms with van der Waals surface area (Å²) in [4.78, 5) is 30.8. The minimum Gasteiger partial charge on any atom is -0.484 e. The van der Waals surface area contributed by atoms with Gasteiger partial charge >= 0.3 is 0 Å². The molecule has 6 nitrogen and oxygen atoms in total. The first-order valence-electron chi connectivity index (χ1n) is 9.26. The van der Waals surface area contributed by atoms with Crippen molar-refractivity contribution < 1.29 is 9.53 Å². The van der Waals surface area contributed by atoms with Gasteiger partial charge < -0.3 is 10.1 Å². The van der Waals surface area contributed by atoms with Gasteiger partial charge in [0, 0.05) is 27.8 Å². The van der Waals surface area contributed by atoms with Crippen molar-refractivity contribution in [3.63, 3.8) is 0 Å². The first-order valence-corrected chi connectivity index (χ1v) is 11.1. The molecule has 2 aromatic carbocycles. The van der Waals surface area contributed by atoms with Crippen LogP contribution in [-0.2, 0) is 10.5 Å². The summed E-state index contributed by atoms with van der Waals surface area (Å²) in [6.07, 6.45) is 0. The molecule has 0 saturated carbocycles. The fraction of sp³-hybridized carbons (Fsp3) is 0.136. The van der Waals surface area contributed by atoms with Crippen LogP contribution in [0.1, 0.15) is 11.4 Å². The number of carbonyl (C=O) groups is 1. The Morgan fingerprint density at radius 1 is 1.17 bits per heavy atom. The number of para-hydroxylation sites is 2. The van der Waals surface area contributed by atoms with E-state index in [2.05, 4.69) is 10.3 Å². The standard InChI is InChI=1S/C22H19N3O3S2/c1-15-13-30-22-23-16(11-21(27)25(15)22)14-29-19-10-6-5-9-18(19)24-20(26)12-28-17-7-3-2-4-8-17/h2-11,13H,12,14H2,1H3,(H,24,26). The molecule has 0 saturated heterocycles. The van der Waals surface area contributed by atoms with Crippen molar-refractivity contribution >= 4 is 39.7 Å². The highest BCUT2D eigenvalue weighted by molar-refractivity contribution is 7.98. The van der Waals surface area contributed by atoms with Gasteiger partial charge in [0.25, 0.3) is 11.5 Å². The second-order valence-electron chi connectivity index (χ2n) is 6.52. The molecule has 0 spiro atoms. The number of aromatic nitrogens is 2. The fourth-order valence-electron chi connectivity index (χ4n) is 2.87. The third kappa shape index (κ3) is 4.72. The summed E-state index contributed by atoms with van der Waals surface area (Å²) >= 11 is 2.97. The quantitative estimate of drug-likeness (QED) is 0.435. The number of nitrogens with one attached hydrogen (secondary N) is 1. The maximum Gasteiger partial charge on any atom is 0.262 e. The summed E-state index contributed by atoms with van der Waals surface area (Å²) in [5, 5.41) is 4.81. The third-order valence-electron chi connectivity index (χ3n) is 4.28. The highest BCUT2D eigenvalue weighted by Gasteiger charge is 2.10. The van der Waals surface area contributed by atoms with Gasteiger partial charge in [0.15, 0.2) is 11.6 Å². The minimum atomic E-state index is -0.237. The van der Waals surface area contributed by atoms with Crippen molar-refractivity contribution in [2.24, 2.45) is 0 Å². The Balaban J connectivity index is 1.42. The average Bonchev–Trinajstić information content (AvgIpc) is 3.13. The Kier molecular flexibility index (Phi) is 6.15. The molecule has 0 atom stereocenters. The summed E-state index contributed by atoms with van der Waals surface area (Å²) in [6.45, 7) is 1.82. The molecule has 4 rings (SSSR count). The van der Waals surface area contributed by atoms with E-state index in [1.54, 1.807) is 22.6 Å². The lowest BCUT2D eigenvalue weighted by Gasteiger charge is -2.11. The number of fused-ring (bicyclic) bond motifs is 1. The van der Waals surface area contributed by atoms with Crippen LogP contribution in [0.5, 0.6) is 5.75 Å². The van der Waals surface area contributed by atoms with Gasteiger partial charge in [-0.25, -0.2) is 4.98 Å². The maximum atomic E-state index is 12.3. The molecule has 0 fully saturated rings. The van der Waals surface area contributed by atoms with E-state index in [0.29, 0.717) is 27.8 Å². The van der Waals surface area contributed by atoms with E-state index in [1.807, 2.05) is 54.8 Å². The molecule has 0 aliphatic heterocycles. The van der Waals surface area contributed by atoms with E-state index < -0.39 is 0 Å². The van der Waals surface area contributed by atoms with Crippen LogP contribution in [0.3, 0.4) is 0 Å². The molecular weight excluding hydrogens is 418 g/mol. The summed E-state index contributed by atoms with van der Waals surface area (Å²) in [7, 11) is 0. The lowest BCUT2D eigenvalue weighted by Crippen LogP contribution is -2.20. The van der Waals surface area contributed by atoms with E-state index >= 15 is 0 Å². The second kappa shape index (κ2) is 9.15. The van der Waals surface area contributed by atoms with Gasteiger partial charge in [0.05, 0.1) is 11.4 Å². The lowest BCUT2D eigenvalue weighted by molar-refractivity contribution is -0.118. The zero-order valence-corrected chi connectivity index (χ0v) is 17.8. The summed E-state index contributed by atoms with van der Waals surface area (Å²) in [6, 6.07) is 18.3. The number of ether oxygens (including phenoxy) is 1. The van der Waals surface area contributed by atoms with E-state index in [1.165, 1.54) is 23.1 Å². The Morgan fingerprint density at radius 3 is 2.77 bits per heavy atom. The van der Waals surface area contributed by atoms with Gasteiger partial charge in [-0.3, -0.25) is 14.0 Å². The number of aryl methyl sites for hydroxylation is 1. The molecule has 0 bridgehead atoms. The smallest absolute Gasteiger partial charge is 0.262 e. The molecule has 4 aromatic rings. The Labute approximate surface area is 181 Å². The van der Waals surface area contributed by atoms with Crippen molar-refractivity contribution in [2.75, 3.05) is 11.9 Å². The van der Waals surface area contributed by atoms with E-state index in [-0.39, 0.29) is 18.1 Å². The predicted octanol–water partition coefficient (Wildman–Crippen LogP) is 4.37. The van der Waals surface area contributed by atoms with E-state index in [0.717, 1.165) is 10.6 Å². The number of hydrogen-bond acceptors (Lipinski definition) is 6. The zero-order chi connectivity index (χ0) is 20.9. The van der Waals surface area contributed by atoms with E-state index in [9.17, 15) is 9.59 Å². The van der Waals surface area contributed by atoms with Crippen molar-refractivity contribution in [3.05, 3.63) is 87.8 Å². The lowest BCUT2D eigenvalue weighted by atomic mass is 10.3. The highest BCUT2D eigenvalue weighted by Crippen LogP contribution is 2.29. The molecule has 1 N–H and O–H groups in total. The molecule has 1 amide bonds. The number of anilines is 1.